The predicted octanol–water partition coefficient (Wildman–Crippen LogP) is 1.96. The van der Waals surface area contributed by atoms with Gasteiger partial charge < -0.3 is 10.2 Å². The second kappa shape index (κ2) is 4.35. The number of carbonyl (C=O) groups excluding carboxylic acids is 1. The van der Waals surface area contributed by atoms with E-state index in [1.165, 1.54) is 0 Å². The molecule has 0 aromatic carbocycles. The highest BCUT2D eigenvalue weighted by atomic mass is 16.3. The monoisotopic (exact) mass is 210 g/mol. The third kappa shape index (κ3) is 1.81. The Morgan fingerprint density at radius 3 is 2.87 bits per heavy atom. The van der Waals surface area contributed by atoms with Crippen molar-refractivity contribution < 1.29 is 15.0 Å². The number of Topliss-reactive ketones (excluding diaryl/α,β-unsaturated/α-hetero) is 1. The van der Waals surface area contributed by atoms with Crippen LogP contribution < -0.4 is 0 Å². The van der Waals surface area contributed by atoms with E-state index in [2.05, 4.69) is 0 Å². The zero-order chi connectivity index (χ0) is 10.8. The third-order valence-electron chi connectivity index (χ3n) is 3.69. The molecule has 3 heteroatoms. The minimum atomic E-state index is -0.0784. The van der Waals surface area contributed by atoms with Crippen molar-refractivity contribution in [2.75, 3.05) is 6.61 Å². The molecule has 0 aromatic rings. The number of fused-ring (bicyclic) bond motifs is 1. The van der Waals surface area contributed by atoms with Crippen molar-refractivity contribution >= 4 is 5.78 Å². The van der Waals surface area contributed by atoms with Crippen LogP contribution in [0, 0.1) is 11.8 Å². The van der Waals surface area contributed by atoms with Crippen LogP contribution in [0.4, 0.5) is 0 Å². The lowest BCUT2D eigenvalue weighted by atomic mass is 9.79. The molecule has 1 saturated carbocycles. The molecule has 3 nitrogen and oxygen atoms in total. The summed E-state index contributed by atoms with van der Waals surface area (Å²) in [5.74, 6) is 0.193. The molecular formula is C12H18O3. The Bertz CT molecular complexity index is 293. The van der Waals surface area contributed by atoms with Gasteiger partial charge in [0.25, 0.3) is 0 Å². The van der Waals surface area contributed by atoms with E-state index in [-0.39, 0.29) is 30.0 Å². The first-order valence-electron chi connectivity index (χ1n) is 5.82. The number of carbonyl (C=O) groups is 1. The van der Waals surface area contributed by atoms with Crippen LogP contribution in [0.15, 0.2) is 11.3 Å². The van der Waals surface area contributed by atoms with Crippen molar-refractivity contribution in [3.05, 3.63) is 11.3 Å². The molecule has 0 aliphatic heterocycles. The highest BCUT2D eigenvalue weighted by molar-refractivity contribution is 5.98. The Morgan fingerprint density at radius 2 is 2.13 bits per heavy atom. The first kappa shape index (κ1) is 10.7. The summed E-state index contributed by atoms with van der Waals surface area (Å²) in [7, 11) is 0. The lowest BCUT2D eigenvalue weighted by Crippen LogP contribution is -2.20. The van der Waals surface area contributed by atoms with E-state index in [0.717, 1.165) is 31.3 Å². The van der Waals surface area contributed by atoms with E-state index in [0.29, 0.717) is 12.8 Å². The summed E-state index contributed by atoms with van der Waals surface area (Å²) in [6.07, 6.45) is 5.54. The van der Waals surface area contributed by atoms with E-state index >= 15 is 0 Å². The summed E-state index contributed by atoms with van der Waals surface area (Å²) in [6.45, 7) is 0.132. The second-order valence-corrected chi connectivity index (χ2v) is 4.56. The first-order chi connectivity index (χ1) is 7.25. The average molecular weight is 210 g/mol. The molecule has 0 radical (unpaired) electrons. The normalized spacial score (nSPS) is 30.9. The van der Waals surface area contributed by atoms with Gasteiger partial charge in [0, 0.05) is 12.5 Å². The third-order valence-corrected chi connectivity index (χ3v) is 3.69. The van der Waals surface area contributed by atoms with Gasteiger partial charge in [0.05, 0.1) is 0 Å². The minimum Gasteiger partial charge on any atom is -0.504 e. The van der Waals surface area contributed by atoms with Crippen molar-refractivity contribution in [1.29, 1.82) is 0 Å². The fraction of sp³-hybridized carbons (Fsp3) is 0.750. The van der Waals surface area contributed by atoms with Crippen LogP contribution >= 0.6 is 0 Å². The van der Waals surface area contributed by atoms with Crippen LogP contribution in [0.25, 0.3) is 0 Å². The van der Waals surface area contributed by atoms with Crippen molar-refractivity contribution in [3.8, 4) is 0 Å². The first-order valence-corrected chi connectivity index (χ1v) is 5.82. The molecule has 2 N–H and O–H groups in total. The SMILES string of the molecule is O=C1C(O)=C2CCCCC2C1CCCO. The van der Waals surface area contributed by atoms with Gasteiger partial charge in [-0.05, 0) is 43.6 Å². The Hall–Kier alpha value is -0.830. The van der Waals surface area contributed by atoms with Gasteiger partial charge in [-0.2, -0.15) is 0 Å². The van der Waals surface area contributed by atoms with E-state index in [1.54, 1.807) is 0 Å². The maximum Gasteiger partial charge on any atom is 0.200 e. The number of hydrogen-bond donors (Lipinski definition) is 2. The number of rotatable bonds is 3. The molecule has 0 aromatic heterocycles. The average Bonchev–Trinajstić information content (AvgIpc) is 2.51. The highest BCUT2D eigenvalue weighted by Crippen LogP contribution is 2.44. The van der Waals surface area contributed by atoms with Gasteiger partial charge in [-0.3, -0.25) is 4.79 Å². The fourth-order valence-electron chi connectivity index (χ4n) is 2.94. The van der Waals surface area contributed by atoms with E-state index < -0.39 is 0 Å². The fourth-order valence-corrected chi connectivity index (χ4v) is 2.94. The molecule has 1 fully saturated rings. The van der Waals surface area contributed by atoms with Gasteiger partial charge in [0.2, 0.25) is 5.78 Å². The summed E-state index contributed by atoms with van der Waals surface area (Å²) in [5, 5.41) is 18.5. The van der Waals surface area contributed by atoms with Gasteiger partial charge in [0.1, 0.15) is 0 Å². The summed E-state index contributed by atoms with van der Waals surface area (Å²) in [6, 6.07) is 0. The maximum absolute atomic E-state index is 11.8. The van der Waals surface area contributed by atoms with E-state index in [1.807, 2.05) is 0 Å². The highest BCUT2D eigenvalue weighted by Gasteiger charge is 2.41. The number of allylic oxidation sites excluding steroid dienone is 2. The van der Waals surface area contributed by atoms with Crippen LogP contribution in [0.1, 0.15) is 38.5 Å². The summed E-state index contributed by atoms with van der Waals surface area (Å²) < 4.78 is 0. The van der Waals surface area contributed by atoms with Crippen molar-refractivity contribution in [2.45, 2.75) is 38.5 Å². The standard InChI is InChI=1S/C12H18O3/c13-7-3-6-10-8-4-1-2-5-9(8)11(14)12(10)15/h8,10,13-14H,1-7H2. The smallest absolute Gasteiger partial charge is 0.200 e. The Balaban J connectivity index is 2.12. The molecule has 2 rings (SSSR count). The minimum absolute atomic E-state index is 0.0441. The Kier molecular flexibility index (Phi) is 3.10. The van der Waals surface area contributed by atoms with E-state index in [4.69, 9.17) is 5.11 Å². The van der Waals surface area contributed by atoms with Gasteiger partial charge in [0.15, 0.2) is 5.76 Å². The zero-order valence-corrected chi connectivity index (χ0v) is 8.91. The molecule has 84 valence electrons. The molecule has 2 unspecified atom stereocenters. The van der Waals surface area contributed by atoms with Crippen LogP contribution in [-0.2, 0) is 4.79 Å². The Labute approximate surface area is 89.8 Å². The molecular weight excluding hydrogens is 192 g/mol. The van der Waals surface area contributed by atoms with Crippen LogP contribution in [0.3, 0.4) is 0 Å². The van der Waals surface area contributed by atoms with Crippen LogP contribution in [0.2, 0.25) is 0 Å². The molecule has 0 amide bonds. The summed E-state index contributed by atoms with van der Waals surface area (Å²) in [4.78, 5) is 11.8. The molecule has 0 spiro atoms. The van der Waals surface area contributed by atoms with Gasteiger partial charge in [-0.15, -0.1) is 0 Å². The molecule has 15 heavy (non-hydrogen) atoms. The lowest BCUT2D eigenvalue weighted by Gasteiger charge is -2.24. The quantitative estimate of drug-likeness (QED) is 0.748. The molecule has 2 aliphatic rings. The lowest BCUT2D eigenvalue weighted by molar-refractivity contribution is -0.121. The van der Waals surface area contributed by atoms with Crippen LogP contribution in [-0.4, -0.2) is 22.6 Å². The molecule has 0 saturated heterocycles. The summed E-state index contributed by atoms with van der Waals surface area (Å²) in [5.41, 5.74) is 0.995. The molecule has 2 atom stereocenters. The van der Waals surface area contributed by atoms with Crippen molar-refractivity contribution in [1.82, 2.24) is 0 Å². The molecule has 2 aliphatic carbocycles. The second-order valence-electron chi connectivity index (χ2n) is 4.56. The van der Waals surface area contributed by atoms with Gasteiger partial charge in [-0.25, -0.2) is 0 Å². The van der Waals surface area contributed by atoms with E-state index in [9.17, 15) is 9.90 Å². The number of aliphatic hydroxyl groups is 2. The van der Waals surface area contributed by atoms with Gasteiger partial charge >= 0.3 is 0 Å². The maximum atomic E-state index is 11.8. The van der Waals surface area contributed by atoms with Crippen molar-refractivity contribution in [2.24, 2.45) is 11.8 Å². The summed E-state index contributed by atoms with van der Waals surface area (Å²) >= 11 is 0. The zero-order valence-electron chi connectivity index (χ0n) is 8.91. The van der Waals surface area contributed by atoms with Crippen LogP contribution in [0.5, 0.6) is 0 Å². The predicted molar refractivity (Wildman–Crippen MR) is 56.4 cm³/mol. The molecule has 0 heterocycles. The topological polar surface area (TPSA) is 57.5 Å². The van der Waals surface area contributed by atoms with Gasteiger partial charge in [-0.1, -0.05) is 6.42 Å². The number of hydrogen-bond acceptors (Lipinski definition) is 3. The number of ketones is 1. The largest absolute Gasteiger partial charge is 0.504 e. The Morgan fingerprint density at radius 1 is 1.33 bits per heavy atom. The molecule has 0 bridgehead atoms. The van der Waals surface area contributed by atoms with Crippen molar-refractivity contribution in [3.63, 3.8) is 0 Å². The number of aliphatic hydroxyl groups excluding tert-OH is 2.